The first-order valence-corrected chi connectivity index (χ1v) is 6.63. The molecule has 0 saturated carbocycles. The number of nitrogens with one attached hydrogen (secondary N) is 1. The summed E-state index contributed by atoms with van der Waals surface area (Å²) in [6.07, 6.45) is 2.24. The number of benzene rings is 2. The third-order valence-corrected chi connectivity index (χ3v) is 3.82. The molecule has 1 aliphatic heterocycles. The summed E-state index contributed by atoms with van der Waals surface area (Å²) in [5, 5.41) is 0. The fourth-order valence-electron chi connectivity index (χ4n) is 2.75. The van der Waals surface area contributed by atoms with Gasteiger partial charge in [-0.25, -0.2) is 4.98 Å². The fourth-order valence-corrected chi connectivity index (χ4v) is 2.75. The van der Waals surface area contributed by atoms with Crippen molar-refractivity contribution >= 4 is 22.6 Å². The second kappa shape index (κ2) is 4.20. The summed E-state index contributed by atoms with van der Waals surface area (Å²) in [6, 6.07) is 16.2. The van der Waals surface area contributed by atoms with Gasteiger partial charge in [0.1, 0.15) is 0 Å². The minimum atomic E-state index is 0.139. The van der Waals surface area contributed by atoms with E-state index in [9.17, 15) is 4.79 Å². The molecule has 1 aromatic heterocycles. The third-order valence-electron chi connectivity index (χ3n) is 3.82. The fraction of sp³-hybridized carbons (Fsp3) is 0.125. The molecular formula is C16H13N3O. The van der Waals surface area contributed by atoms with Gasteiger partial charge in [-0.15, -0.1) is 0 Å². The van der Waals surface area contributed by atoms with Crippen molar-refractivity contribution in [3.05, 3.63) is 60.4 Å². The first-order valence-electron chi connectivity index (χ1n) is 6.63. The predicted octanol–water partition coefficient (Wildman–Crippen LogP) is 3.04. The van der Waals surface area contributed by atoms with Crippen molar-refractivity contribution in [3.8, 4) is 0 Å². The molecule has 0 spiro atoms. The number of fused-ring (bicyclic) bond motifs is 1. The summed E-state index contributed by atoms with van der Waals surface area (Å²) in [5.74, 6) is 0.161. The highest BCUT2D eigenvalue weighted by Crippen LogP contribution is 2.39. The van der Waals surface area contributed by atoms with Crippen LogP contribution in [0.1, 0.15) is 18.0 Å². The van der Waals surface area contributed by atoms with E-state index in [0.29, 0.717) is 6.42 Å². The van der Waals surface area contributed by atoms with E-state index < -0.39 is 0 Å². The van der Waals surface area contributed by atoms with E-state index in [4.69, 9.17) is 0 Å². The van der Waals surface area contributed by atoms with Crippen LogP contribution >= 0.6 is 0 Å². The topological polar surface area (TPSA) is 49.0 Å². The first kappa shape index (κ1) is 11.2. The second-order valence-corrected chi connectivity index (χ2v) is 5.00. The number of amides is 1. The zero-order valence-corrected chi connectivity index (χ0v) is 10.8. The summed E-state index contributed by atoms with van der Waals surface area (Å²) in [4.78, 5) is 21.1. The van der Waals surface area contributed by atoms with Crippen LogP contribution in [0.3, 0.4) is 0 Å². The van der Waals surface area contributed by atoms with E-state index in [2.05, 4.69) is 22.1 Å². The Labute approximate surface area is 116 Å². The van der Waals surface area contributed by atoms with Crippen molar-refractivity contribution in [1.29, 1.82) is 0 Å². The van der Waals surface area contributed by atoms with Gasteiger partial charge in [-0.3, -0.25) is 4.79 Å². The van der Waals surface area contributed by atoms with E-state index in [-0.39, 0.29) is 11.9 Å². The molecule has 1 aliphatic rings. The number of anilines is 1. The Bertz CT molecular complexity index is 779. The summed E-state index contributed by atoms with van der Waals surface area (Å²) < 4.78 is 0. The van der Waals surface area contributed by atoms with Crippen LogP contribution in [0.25, 0.3) is 11.0 Å². The molecule has 4 heteroatoms. The number of hydrogen-bond acceptors (Lipinski definition) is 2. The highest BCUT2D eigenvalue weighted by molar-refractivity contribution is 6.02. The number of nitrogens with zero attached hydrogens (tertiary/aromatic N) is 2. The van der Waals surface area contributed by atoms with Crippen molar-refractivity contribution in [1.82, 2.24) is 9.97 Å². The first-order chi connectivity index (χ1) is 9.83. The number of imidazole rings is 1. The Balaban J connectivity index is 1.74. The zero-order valence-electron chi connectivity index (χ0n) is 10.8. The smallest absolute Gasteiger partial charge is 0.230 e. The van der Waals surface area contributed by atoms with E-state index in [1.165, 1.54) is 5.56 Å². The SMILES string of the molecule is O=C1CC(c2ccccc2)N1c1ccc2[nH]cnc2c1. The van der Waals surface area contributed by atoms with Crippen molar-refractivity contribution in [3.63, 3.8) is 0 Å². The summed E-state index contributed by atoms with van der Waals surface area (Å²) in [6.45, 7) is 0. The molecule has 98 valence electrons. The number of carbonyl (C=O) groups is 1. The lowest BCUT2D eigenvalue weighted by Crippen LogP contribution is -2.46. The van der Waals surface area contributed by atoms with Gasteiger partial charge in [0, 0.05) is 5.69 Å². The molecule has 0 bridgehead atoms. The third kappa shape index (κ3) is 1.61. The average Bonchev–Trinajstić information content (AvgIpc) is 2.93. The lowest BCUT2D eigenvalue weighted by molar-refractivity contribution is -0.124. The highest BCUT2D eigenvalue weighted by Gasteiger charge is 2.38. The summed E-state index contributed by atoms with van der Waals surface area (Å²) in [7, 11) is 0. The number of H-pyrrole nitrogens is 1. The van der Waals surface area contributed by atoms with Crippen LogP contribution in [0.4, 0.5) is 5.69 Å². The predicted molar refractivity (Wildman–Crippen MR) is 77.4 cm³/mol. The van der Waals surface area contributed by atoms with E-state index in [1.807, 2.05) is 41.3 Å². The van der Waals surface area contributed by atoms with Gasteiger partial charge < -0.3 is 9.88 Å². The molecule has 1 saturated heterocycles. The average molecular weight is 263 g/mol. The van der Waals surface area contributed by atoms with Crippen molar-refractivity contribution in [2.24, 2.45) is 0 Å². The quantitative estimate of drug-likeness (QED) is 0.722. The standard InChI is InChI=1S/C16H13N3O/c20-16-9-15(11-4-2-1-3-5-11)19(16)12-6-7-13-14(8-12)18-10-17-13/h1-8,10,15H,9H2,(H,17,18). The van der Waals surface area contributed by atoms with Crippen molar-refractivity contribution in [2.75, 3.05) is 4.90 Å². The van der Waals surface area contributed by atoms with Gasteiger partial charge in [0.15, 0.2) is 0 Å². The van der Waals surface area contributed by atoms with E-state index in [0.717, 1.165) is 16.7 Å². The van der Waals surface area contributed by atoms with Crippen LogP contribution in [0.5, 0.6) is 0 Å². The number of aromatic nitrogens is 2. The summed E-state index contributed by atoms with van der Waals surface area (Å²) >= 11 is 0. The molecule has 20 heavy (non-hydrogen) atoms. The van der Waals surface area contributed by atoms with Gasteiger partial charge in [0.25, 0.3) is 0 Å². The Morgan fingerprint density at radius 1 is 1.15 bits per heavy atom. The van der Waals surface area contributed by atoms with E-state index >= 15 is 0 Å². The molecule has 1 N–H and O–H groups in total. The molecule has 2 aromatic carbocycles. The van der Waals surface area contributed by atoms with Gasteiger partial charge in [-0.05, 0) is 23.8 Å². The zero-order chi connectivity index (χ0) is 13.5. The minimum absolute atomic E-state index is 0.139. The van der Waals surface area contributed by atoms with Crippen LogP contribution in [-0.4, -0.2) is 15.9 Å². The van der Waals surface area contributed by atoms with E-state index in [1.54, 1.807) is 6.33 Å². The minimum Gasteiger partial charge on any atom is -0.345 e. The van der Waals surface area contributed by atoms with Crippen LogP contribution in [-0.2, 0) is 4.79 Å². The molecule has 1 unspecified atom stereocenters. The van der Waals surface area contributed by atoms with Crippen LogP contribution in [0.2, 0.25) is 0 Å². The molecule has 3 aromatic rings. The van der Waals surface area contributed by atoms with Gasteiger partial charge in [-0.2, -0.15) is 0 Å². The molecule has 0 aliphatic carbocycles. The molecule has 2 heterocycles. The van der Waals surface area contributed by atoms with Crippen LogP contribution < -0.4 is 4.90 Å². The Hall–Kier alpha value is -2.62. The van der Waals surface area contributed by atoms with Crippen molar-refractivity contribution < 1.29 is 4.79 Å². The Morgan fingerprint density at radius 3 is 2.80 bits per heavy atom. The molecule has 1 atom stereocenters. The molecule has 0 radical (unpaired) electrons. The maximum absolute atomic E-state index is 12.0. The van der Waals surface area contributed by atoms with Crippen LogP contribution in [0.15, 0.2) is 54.9 Å². The maximum Gasteiger partial charge on any atom is 0.230 e. The lowest BCUT2D eigenvalue weighted by Gasteiger charge is -2.40. The normalized spacial score (nSPS) is 18.3. The lowest BCUT2D eigenvalue weighted by atomic mass is 9.93. The number of rotatable bonds is 2. The Morgan fingerprint density at radius 2 is 2.00 bits per heavy atom. The van der Waals surface area contributed by atoms with Gasteiger partial charge in [0.05, 0.1) is 29.8 Å². The van der Waals surface area contributed by atoms with Gasteiger partial charge in [-0.1, -0.05) is 30.3 Å². The maximum atomic E-state index is 12.0. The number of hydrogen-bond donors (Lipinski definition) is 1. The second-order valence-electron chi connectivity index (χ2n) is 5.00. The largest absolute Gasteiger partial charge is 0.345 e. The van der Waals surface area contributed by atoms with Gasteiger partial charge >= 0.3 is 0 Å². The highest BCUT2D eigenvalue weighted by atomic mass is 16.2. The number of carbonyl (C=O) groups excluding carboxylic acids is 1. The molecule has 4 nitrogen and oxygen atoms in total. The molecule has 1 amide bonds. The van der Waals surface area contributed by atoms with Crippen LogP contribution in [0, 0.1) is 0 Å². The molecule has 4 rings (SSSR count). The van der Waals surface area contributed by atoms with Crippen molar-refractivity contribution in [2.45, 2.75) is 12.5 Å². The summed E-state index contributed by atoms with van der Waals surface area (Å²) in [5.41, 5.74) is 3.95. The molecule has 1 fully saturated rings. The Kier molecular flexibility index (Phi) is 2.36. The molecular weight excluding hydrogens is 250 g/mol. The van der Waals surface area contributed by atoms with Gasteiger partial charge in [0.2, 0.25) is 5.91 Å². The number of β-lactam (4-membered cyclic amide) rings is 1. The monoisotopic (exact) mass is 263 g/mol. The number of aromatic amines is 1.